The van der Waals surface area contributed by atoms with Gasteiger partial charge in [-0.25, -0.2) is 0 Å². The van der Waals surface area contributed by atoms with Crippen LogP contribution >= 0.6 is 11.8 Å². The maximum atomic E-state index is 10.4. The van der Waals surface area contributed by atoms with Crippen LogP contribution in [0.3, 0.4) is 0 Å². The number of carbonyl (C=O) groups excluding carboxylic acids is 1. The van der Waals surface area contributed by atoms with E-state index in [4.69, 9.17) is 0 Å². The van der Waals surface area contributed by atoms with Crippen molar-refractivity contribution in [1.82, 2.24) is 0 Å². The normalized spacial score (nSPS) is 38.5. The summed E-state index contributed by atoms with van der Waals surface area (Å²) in [5, 5.41) is 0. The lowest BCUT2D eigenvalue weighted by molar-refractivity contribution is -0.109. The lowest BCUT2D eigenvalue weighted by atomic mass is 9.96. The van der Waals surface area contributed by atoms with Gasteiger partial charge in [-0.2, -0.15) is 11.8 Å². The third-order valence-corrected chi connectivity index (χ3v) is 3.99. The lowest BCUT2D eigenvalue weighted by Crippen LogP contribution is -2.12. The van der Waals surface area contributed by atoms with Crippen molar-refractivity contribution in [3.8, 4) is 0 Å². The maximum absolute atomic E-state index is 10.4. The standard InChI is InChI=1S/C9H14OS/c10-6-8-5-9(8)7-1-3-11-4-2-7/h6-9H,1-5H2/t8-,9+/m0/s1. The minimum atomic E-state index is 0.447. The Balaban J connectivity index is 1.81. The van der Waals surface area contributed by atoms with E-state index < -0.39 is 0 Å². The van der Waals surface area contributed by atoms with Crippen LogP contribution in [0.15, 0.2) is 0 Å². The molecule has 1 saturated carbocycles. The topological polar surface area (TPSA) is 17.1 Å². The van der Waals surface area contributed by atoms with Crippen LogP contribution in [0, 0.1) is 17.8 Å². The van der Waals surface area contributed by atoms with Gasteiger partial charge in [-0.05, 0) is 42.6 Å². The first kappa shape index (κ1) is 7.66. The fourth-order valence-corrected chi connectivity index (χ4v) is 3.22. The molecule has 1 aliphatic heterocycles. The molecule has 2 rings (SSSR count). The Morgan fingerprint density at radius 3 is 2.55 bits per heavy atom. The van der Waals surface area contributed by atoms with E-state index in [0.717, 1.165) is 18.1 Å². The van der Waals surface area contributed by atoms with Gasteiger partial charge in [0, 0.05) is 5.92 Å². The highest BCUT2D eigenvalue weighted by atomic mass is 32.2. The Morgan fingerprint density at radius 1 is 1.27 bits per heavy atom. The van der Waals surface area contributed by atoms with Gasteiger partial charge in [0.1, 0.15) is 6.29 Å². The number of rotatable bonds is 2. The van der Waals surface area contributed by atoms with E-state index in [0.29, 0.717) is 5.92 Å². The van der Waals surface area contributed by atoms with E-state index in [1.54, 1.807) is 0 Å². The minimum Gasteiger partial charge on any atom is -0.303 e. The number of carbonyl (C=O) groups is 1. The Kier molecular flexibility index (Phi) is 2.21. The van der Waals surface area contributed by atoms with Crippen molar-refractivity contribution >= 4 is 18.0 Å². The fraction of sp³-hybridized carbons (Fsp3) is 0.889. The van der Waals surface area contributed by atoms with Crippen LogP contribution in [0.2, 0.25) is 0 Å². The van der Waals surface area contributed by atoms with Crippen molar-refractivity contribution in [1.29, 1.82) is 0 Å². The first-order chi connectivity index (χ1) is 5.42. The predicted molar refractivity (Wildman–Crippen MR) is 47.7 cm³/mol. The van der Waals surface area contributed by atoms with Crippen molar-refractivity contribution in [2.45, 2.75) is 19.3 Å². The largest absolute Gasteiger partial charge is 0.303 e. The SMILES string of the molecule is O=C[C@@H]1C[C@@H]1C1CCSCC1. The second-order valence-corrected chi connectivity index (χ2v) is 4.87. The first-order valence-electron chi connectivity index (χ1n) is 4.45. The molecule has 2 fully saturated rings. The van der Waals surface area contributed by atoms with Gasteiger partial charge in [-0.1, -0.05) is 0 Å². The zero-order valence-electron chi connectivity index (χ0n) is 6.66. The van der Waals surface area contributed by atoms with Crippen molar-refractivity contribution < 1.29 is 4.79 Å². The van der Waals surface area contributed by atoms with Crippen molar-refractivity contribution in [3.05, 3.63) is 0 Å². The Bertz CT molecular complexity index is 152. The molecule has 0 aromatic rings. The second-order valence-electron chi connectivity index (χ2n) is 3.65. The molecular formula is C9H14OS. The lowest BCUT2D eigenvalue weighted by Gasteiger charge is -2.20. The molecule has 0 N–H and O–H groups in total. The summed E-state index contributed by atoms with van der Waals surface area (Å²) >= 11 is 2.06. The Labute approximate surface area is 71.9 Å². The van der Waals surface area contributed by atoms with Crippen molar-refractivity contribution in [3.63, 3.8) is 0 Å². The van der Waals surface area contributed by atoms with Crippen LogP contribution in [0.25, 0.3) is 0 Å². The van der Waals surface area contributed by atoms with Crippen LogP contribution < -0.4 is 0 Å². The van der Waals surface area contributed by atoms with Gasteiger partial charge >= 0.3 is 0 Å². The van der Waals surface area contributed by atoms with Gasteiger partial charge in [0.15, 0.2) is 0 Å². The summed E-state index contributed by atoms with van der Waals surface area (Å²) in [6, 6.07) is 0. The van der Waals surface area contributed by atoms with E-state index in [1.165, 1.54) is 30.8 Å². The third kappa shape index (κ3) is 1.61. The molecule has 11 heavy (non-hydrogen) atoms. The summed E-state index contributed by atoms with van der Waals surface area (Å²) in [6.07, 6.45) is 5.07. The molecule has 62 valence electrons. The average molecular weight is 170 g/mol. The number of hydrogen-bond acceptors (Lipinski definition) is 2. The maximum Gasteiger partial charge on any atom is 0.123 e. The summed E-state index contributed by atoms with van der Waals surface area (Å²) in [5.74, 6) is 4.78. The van der Waals surface area contributed by atoms with E-state index in [2.05, 4.69) is 11.8 Å². The van der Waals surface area contributed by atoms with Crippen molar-refractivity contribution in [2.24, 2.45) is 17.8 Å². The predicted octanol–water partition coefficient (Wildman–Crippen LogP) is 1.96. The number of hydrogen-bond donors (Lipinski definition) is 0. The van der Waals surface area contributed by atoms with E-state index in [-0.39, 0.29) is 0 Å². The molecule has 1 aliphatic carbocycles. The van der Waals surface area contributed by atoms with Crippen LogP contribution in [0.1, 0.15) is 19.3 Å². The molecule has 1 nitrogen and oxygen atoms in total. The van der Waals surface area contributed by atoms with E-state index in [9.17, 15) is 4.79 Å². The molecule has 0 bridgehead atoms. The molecule has 0 radical (unpaired) electrons. The molecule has 0 aromatic carbocycles. The van der Waals surface area contributed by atoms with Crippen molar-refractivity contribution in [2.75, 3.05) is 11.5 Å². The van der Waals surface area contributed by atoms with E-state index in [1.807, 2.05) is 0 Å². The van der Waals surface area contributed by atoms with Crippen LogP contribution in [-0.2, 0) is 4.79 Å². The molecule has 2 atom stereocenters. The molecule has 2 aliphatic rings. The Morgan fingerprint density at radius 2 is 2.00 bits per heavy atom. The van der Waals surface area contributed by atoms with E-state index >= 15 is 0 Å². The summed E-state index contributed by atoms with van der Waals surface area (Å²) in [5.41, 5.74) is 0. The highest BCUT2D eigenvalue weighted by molar-refractivity contribution is 7.99. The smallest absolute Gasteiger partial charge is 0.123 e. The highest BCUT2D eigenvalue weighted by Gasteiger charge is 2.42. The van der Waals surface area contributed by atoms with Crippen LogP contribution in [0.5, 0.6) is 0 Å². The van der Waals surface area contributed by atoms with Gasteiger partial charge in [0.05, 0.1) is 0 Å². The fourth-order valence-electron chi connectivity index (χ4n) is 2.08. The summed E-state index contributed by atoms with van der Waals surface area (Å²) < 4.78 is 0. The summed E-state index contributed by atoms with van der Waals surface area (Å²) in [6.45, 7) is 0. The van der Waals surface area contributed by atoms with Crippen LogP contribution in [-0.4, -0.2) is 17.8 Å². The molecular weight excluding hydrogens is 156 g/mol. The van der Waals surface area contributed by atoms with Gasteiger partial charge in [-0.15, -0.1) is 0 Å². The summed E-state index contributed by atoms with van der Waals surface area (Å²) in [7, 11) is 0. The zero-order valence-corrected chi connectivity index (χ0v) is 7.48. The first-order valence-corrected chi connectivity index (χ1v) is 5.60. The van der Waals surface area contributed by atoms with Gasteiger partial charge in [0.25, 0.3) is 0 Å². The molecule has 0 aromatic heterocycles. The number of aldehydes is 1. The third-order valence-electron chi connectivity index (χ3n) is 2.94. The number of thioether (sulfide) groups is 1. The van der Waals surface area contributed by atoms with Gasteiger partial charge in [0.2, 0.25) is 0 Å². The molecule has 2 heteroatoms. The quantitative estimate of drug-likeness (QED) is 0.589. The molecule has 1 saturated heterocycles. The minimum absolute atomic E-state index is 0.447. The summed E-state index contributed by atoms with van der Waals surface area (Å²) in [4.78, 5) is 10.4. The molecule has 0 spiro atoms. The highest BCUT2D eigenvalue weighted by Crippen LogP contribution is 2.47. The van der Waals surface area contributed by atoms with Crippen LogP contribution in [0.4, 0.5) is 0 Å². The zero-order chi connectivity index (χ0) is 7.68. The van der Waals surface area contributed by atoms with Gasteiger partial charge < -0.3 is 4.79 Å². The second kappa shape index (κ2) is 3.18. The molecule has 0 amide bonds. The Hall–Kier alpha value is 0.0200. The van der Waals surface area contributed by atoms with Gasteiger partial charge in [-0.3, -0.25) is 0 Å². The monoisotopic (exact) mass is 170 g/mol. The molecule has 0 unspecified atom stereocenters. The molecule has 1 heterocycles. The average Bonchev–Trinajstić information content (AvgIpc) is 2.85.